The second kappa shape index (κ2) is 7.60. The van der Waals surface area contributed by atoms with Gasteiger partial charge in [-0.15, -0.1) is 0 Å². The second-order valence-electron chi connectivity index (χ2n) is 8.60. The fourth-order valence-corrected chi connectivity index (χ4v) is 4.44. The molecule has 2 aromatic rings. The summed E-state index contributed by atoms with van der Waals surface area (Å²) >= 11 is 0. The van der Waals surface area contributed by atoms with Crippen LogP contribution >= 0.6 is 0 Å². The predicted octanol–water partition coefficient (Wildman–Crippen LogP) is 3.73. The van der Waals surface area contributed by atoms with Crippen molar-refractivity contribution in [2.45, 2.75) is 44.9 Å². The Morgan fingerprint density at radius 1 is 1.26 bits per heavy atom. The molecule has 4 rings (SSSR count). The van der Waals surface area contributed by atoms with Crippen molar-refractivity contribution >= 4 is 17.5 Å². The van der Waals surface area contributed by atoms with Crippen molar-refractivity contribution in [2.75, 3.05) is 12.4 Å². The summed E-state index contributed by atoms with van der Waals surface area (Å²) in [5.41, 5.74) is -0.466. The number of hydrogen-bond donors (Lipinski definition) is 2. The van der Waals surface area contributed by atoms with E-state index in [9.17, 15) is 23.5 Å². The lowest BCUT2D eigenvalue weighted by molar-refractivity contribution is -0.0224. The van der Waals surface area contributed by atoms with Crippen LogP contribution in [0.2, 0.25) is 0 Å². The minimum Gasteiger partial charge on any atom is -0.496 e. The predicted molar refractivity (Wildman–Crippen MR) is 110 cm³/mol. The number of carbonyl (C=O) groups excluding carboxylic acids is 2. The first-order valence-corrected chi connectivity index (χ1v) is 10.1. The molecule has 0 aromatic heterocycles. The number of halogens is 2. The zero-order valence-electron chi connectivity index (χ0n) is 17.5. The summed E-state index contributed by atoms with van der Waals surface area (Å²) in [5, 5.41) is 13.2. The Morgan fingerprint density at radius 3 is 2.58 bits per heavy atom. The van der Waals surface area contributed by atoms with Crippen molar-refractivity contribution in [3.63, 3.8) is 0 Å². The van der Waals surface area contributed by atoms with E-state index in [1.807, 2.05) is 0 Å². The average Bonchev–Trinajstić information content (AvgIpc) is 3.47. The van der Waals surface area contributed by atoms with E-state index < -0.39 is 28.7 Å². The molecule has 1 aliphatic heterocycles. The SMILES string of the molecule is COc1ccc(F)c(F)c1C(=O)Nc1cccc2c1C(=O)N([C@@H](C1CC1)C(C)(C)O)C2. The maximum absolute atomic E-state index is 14.3. The maximum Gasteiger partial charge on any atom is 0.262 e. The number of hydrogen-bond acceptors (Lipinski definition) is 4. The van der Waals surface area contributed by atoms with E-state index >= 15 is 0 Å². The molecular weight excluding hydrogens is 406 g/mol. The van der Waals surface area contributed by atoms with Gasteiger partial charge in [-0.3, -0.25) is 9.59 Å². The van der Waals surface area contributed by atoms with Gasteiger partial charge in [-0.2, -0.15) is 0 Å². The largest absolute Gasteiger partial charge is 0.496 e. The molecule has 164 valence electrons. The first kappa shape index (κ1) is 21.2. The number of carbonyl (C=O) groups is 2. The first-order chi connectivity index (χ1) is 14.6. The third kappa shape index (κ3) is 3.76. The molecule has 1 heterocycles. The lowest BCUT2D eigenvalue weighted by atomic mass is 9.93. The lowest BCUT2D eigenvalue weighted by Crippen LogP contribution is -2.51. The van der Waals surface area contributed by atoms with Crippen molar-refractivity contribution in [3.05, 3.63) is 58.7 Å². The second-order valence-corrected chi connectivity index (χ2v) is 8.60. The monoisotopic (exact) mass is 430 g/mol. The van der Waals surface area contributed by atoms with Gasteiger partial charge in [0.1, 0.15) is 11.3 Å². The van der Waals surface area contributed by atoms with Gasteiger partial charge in [0, 0.05) is 6.54 Å². The van der Waals surface area contributed by atoms with Crippen LogP contribution in [0.3, 0.4) is 0 Å². The van der Waals surface area contributed by atoms with Crippen molar-refractivity contribution in [2.24, 2.45) is 5.92 Å². The summed E-state index contributed by atoms with van der Waals surface area (Å²) in [6.45, 7) is 3.68. The molecule has 2 aliphatic rings. The van der Waals surface area contributed by atoms with E-state index in [1.54, 1.807) is 30.9 Å². The quantitative estimate of drug-likeness (QED) is 0.732. The van der Waals surface area contributed by atoms with Crippen molar-refractivity contribution in [1.29, 1.82) is 0 Å². The van der Waals surface area contributed by atoms with Crippen LogP contribution in [0.4, 0.5) is 14.5 Å². The van der Waals surface area contributed by atoms with Crippen LogP contribution < -0.4 is 10.1 Å². The number of fused-ring (bicyclic) bond motifs is 1. The molecule has 0 bridgehead atoms. The number of aliphatic hydroxyl groups is 1. The van der Waals surface area contributed by atoms with Crippen LogP contribution in [-0.2, 0) is 6.54 Å². The number of anilines is 1. The fraction of sp³-hybridized carbons (Fsp3) is 0.391. The minimum atomic E-state index is -1.33. The third-order valence-electron chi connectivity index (χ3n) is 5.85. The molecule has 0 saturated heterocycles. The van der Waals surface area contributed by atoms with E-state index in [1.165, 1.54) is 19.2 Å². The van der Waals surface area contributed by atoms with Gasteiger partial charge in [0.25, 0.3) is 11.8 Å². The topological polar surface area (TPSA) is 78.9 Å². The van der Waals surface area contributed by atoms with E-state index in [-0.39, 0.29) is 29.3 Å². The number of nitrogens with zero attached hydrogens (tertiary/aromatic N) is 1. The number of ether oxygens (including phenoxy) is 1. The molecule has 8 heteroatoms. The third-order valence-corrected chi connectivity index (χ3v) is 5.85. The van der Waals surface area contributed by atoms with Crippen LogP contribution in [0.25, 0.3) is 0 Å². The van der Waals surface area contributed by atoms with Crippen LogP contribution in [0.5, 0.6) is 5.75 Å². The van der Waals surface area contributed by atoms with Gasteiger partial charge in [0.05, 0.1) is 30.0 Å². The zero-order chi connectivity index (χ0) is 22.5. The Kier molecular flexibility index (Phi) is 5.21. The number of nitrogens with one attached hydrogen (secondary N) is 1. The Morgan fingerprint density at radius 2 is 1.97 bits per heavy atom. The highest BCUT2D eigenvalue weighted by atomic mass is 19.2. The number of methoxy groups -OCH3 is 1. The molecule has 0 spiro atoms. The molecule has 2 N–H and O–H groups in total. The molecule has 1 saturated carbocycles. The Balaban J connectivity index is 1.67. The van der Waals surface area contributed by atoms with E-state index in [0.29, 0.717) is 17.7 Å². The van der Waals surface area contributed by atoms with Crippen LogP contribution in [0.1, 0.15) is 53.0 Å². The van der Waals surface area contributed by atoms with Gasteiger partial charge in [0.15, 0.2) is 11.6 Å². The molecule has 2 aromatic carbocycles. The highest BCUT2D eigenvalue weighted by Gasteiger charge is 2.48. The van der Waals surface area contributed by atoms with Gasteiger partial charge in [0.2, 0.25) is 0 Å². The fourth-order valence-electron chi connectivity index (χ4n) is 4.44. The summed E-state index contributed by atoms with van der Waals surface area (Å²) in [7, 11) is 1.25. The maximum atomic E-state index is 14.3. The van der Waals surface area contributed by atoms with E-state index in [2.05, 4.69) is 5.32 Å². The van der Waals surface area contributed by atoms with Gasteiger partial charge >= 0.3 is 0 Å². The Labute approximate surface area is 178 Å². The molecule has 31 heavy (non-hydrogen) atoms. The van der Waals surface area contributed by atoms with Crippen LogP contribution in [-0.4, -0.2) is 40.6 Å². The highest BCUT2D eigenvalue weighted by Crippen LogP contribution is 2.43. The summed E-state index contributed by atoms with van der Waals surface area (Å²) in [4.78, 5) is 27.7. The summed E-state index contributed by atoms with van der Waals surface area (Å²) < 4.78 is 33.0. The molecule has 1 aliphatic carbocycles. The summed E-state index contributed by atoms with van der Waals surface area (Å²) in [5.74, 6) is -3.63. The van der Waals surface area contributed by atoms with Crippen LogP contribution in [0.15, 0.2) is 30.3 Å². The summed E-state index contributed by atoms with van der Waals surface area (Å²) in [6.07, 6.45) is 1.88. The zero-order valence-corrected chi connectivity index (χ0v) is 17.5. The van der Waals surface area contributed by atoms with Gasteiger partial charge in [-0.25, -0.2) is 8.78 Å². The van der Waals surface area contributed by atoms with Gasteiger partial charge in [-0.05, 0) is 56.4 Å². The Bertz CT molecular complexity index is 1060. The molecule has 0 unspecified atom stereocenters. The van der Waals surface area contributed by atoms with Crippen molar-refractivity contribution in [3.8, 4) is 5.75 Å². The average molecular weight is 430 g/mol. The van der Waals surface area contributed by atoms with Crippen LogP contribution in [0, 0.1) is 17.6 Å². The Hall–Kier alpha value is -3.00. The van der Waals surface area contributed by atoms with E-state index in [4.69, 9.17) is 4.74 Å². The molecule has 2 amide bonds. The number of rotatable bonds is 6. The van der Waals surface area contributed by atoms with E-state index in [0.717, 1.165) is 18.9 Å². The lowest BCUT2D eigenvalue weighted by Gasteiger charge is -2.37. The molecule has 1 fully saturated rings. The minimum absolute atomic E-state index is 0.118. The van der Waals surface area contributed by atoms with Crippen molar-refractivity contribution in [1.82, 2.24) is 4.90 Å². The first-order valence-electron chi connectivity index (χ1n) is 10.1. The number of amides is 2. The normalized spacial score (nSPS) is 16.8. The molecule has 6 nitrogen and oxygen atoms in total. The highest BCUT2D eigenvalue weighted by molar-refractivity contribution is 6.11. The molecule has 0 radical (unpaired) electrons. The smallest absolute Gasteiger partial charge is 0.262 e. The van der Waals surface area contributed by atoms with Gasteiger partial charge in [-0.1, -0.05) is 12.1 Å². The molecular formula is C23H24F2N2O4. The van der Waals surface area contributed by atoms with Crippen molar-refractivity contribution < 1.29 is 28.2 Å². The summed E-state index contributed by atoms with van der Waals surface area (Å²) in [6, 6.07) is 6.69. The standard InChI is InChI=1S/C23H24F2N2O4/c1-23(2,30)20(12-7-8-12)27-11-13-5-4-6-15(17(13)22(27)29)26-21(28)18-16(31-3)10-9-14(24)19(18)25/h4-6,9-10,12,20,30H,7-8,11H2,1-3H3,(H,26,28)/t20-/m0/s1. The number of benzene rings is 2. The molecule has 1 atom stereocenters. The van der Waals surface area contributed by atoms with Gasteiger partial charge < -0.3 is 20.1 Å².